The Labute approximate surface area is 106 Å². The second-order valence-corrected chi connectivity index (χ2v) is 4.26. The molecule has 88 valence electrons. The summed E-state index contributed by atoms with van der Waals surface area (Å²) in [6, 6.07) is 16.1. The molecule has 0 radical (unpaired) electrons. The number of hydrogen-bond acceptors (Lipinski definition) is 2. The van der Waals surface area contributed by atoms with Gasteiger partial charge < -0.3 is 4.42 Å². The molecule has 1 heterocycles. The van der Waals surface area contributed by atoms with E-state index in [4.69, 9.17) is 4.42 Å². The Morgan fingerprint density at radius 3 is 2.50 bits per heavy atom. The zero-order valence-electron chi connectivity index (χ0n) is 10.1. The van der Waals surface area contributed by atoms with Crippen molar-refractivity contribution in [2.45, 2.75) is 6.92 Å². The molecular weight excluding hydrogens is 222 g/mol. The van der Waals surface area contributed by atoms with Crippen LogP contribution in [0.4, 0.5) is 0 Å². The fourth-order valence-corrected chi connectivity index (χ4v) is 1.81. The monoisotopic (exact) mass is 235 g/mol. The maximum absolute atomic E-state index is 5.62. The molecule has 18 heavy (non-hydrogen) atoms. The van der Waals surface area contributed by atoms with Gasteiger partial charge in [-0.1, -0.05) is 42.0 Å². The van der Waals surface area contributed by atoms with Crippen LogP contribution >= 0.6 is 0 Å². The van der Waals surface area contributed by atoms with E-state index in [2.05, 4.69) is 36.2 Å². The number of rotatable bonds is 2. The molecule has 0 fully saturated rings. The van der Waals surface area contributed by atoms with Crippen LogP contribution in [0.2, 0.25) is 0 Å². The van der Waals surface area contributed by atoms with Crippen molar-refractivity contribution < 1.29 is 4.42 Å². The molecule has 2 heteroatoms. The van der Waals surface area contributed by atoms with Crippen LogP contribution in [0.5, 0.6) is 0 Å². The second-order valence-electron chi connectivity index (χ2n) is 4.26. The number of aromatic nitrogens is 1. The summed E-state index contributed by atoms with van der Waals surface area (Å²) in [6.07, 6.45) is 3.90. The lowest BCUT2D eigenvalue weighted by Crippen LogP contribution is -1.74. The first-order chi connectivity index (χ1) is 8.81. The Balaban J connectivity index is 1.89. The zero-order chi connectivity index (χ0) is 12.4. The van der Waals surface area contributed by atoms with Gasteiger partial charge in [-0.3, -0.25) is 0 Å². The molecule has 0 atom stereocenters. The molecule has 2 nitrogen and oxygen atoms in total. The topological polar surface area (TPSA) is 26.0 Å². The van der Waals surface area contributed by atoms with Crippen molar-refractivity contribution in [3.8, 4) is 0 Å². The minimum atomic E-state index is 0.636. The maximum atomic E-state index is 5.62. The normalized spacial score (nSPS) is 11.4. The van der Waals surface area contributed by atoms with E-state index in [1.165, 1.54) is 5.56 Å². The van der Waals surface area contributed by atoms with Crippen LogP contribution in [0, 0.1) is 6.92 Å². The van der Waals surface area contributed by atoms with Crippen LogP contribution in [0.3, 0.4) is 0 Å². The summed E-state index contributed by atoms with van der Waals surface area (Å²) in [7, 11) is 0. The Morgan fingerprint density at radius 1 is 0.944 bits per heavy atom. The van der Waals surface area contributed by atoms with E-state index in [0.717, 1.165) is 16.7 Å². The summed E-state index contributed by atoms with van der Waals surface area (Å²) in [5.74, 6) is 0.636. The zero-order valence-corrected chi connectivity index (χ0v) is 10.1. The van der Waals surface area contributed by atoms with E-state index in [0.29, 0.717) is 5.89 Å². The summed E-state index contributed by atoms with van der Waals surface area (Å²) in [5, 5.41) is 0. The highest BCUT2D eigenvalue weighted by Gasteiger charge is 2.00. The maximum Gasteiger partial charge on any atom is 0.220 e. The van der Waals surface area contributed by atoms with Crippen LogP contribution < -0.4 is 0 Å². The molecule has 3 rings (SSSR count). The van der Waals surface area contributed by atoms with Crippen LogP contribution in [-0.2, 0) is 0 Å². The standard InChI is InChI=1S/C16H13NO/c1-12-6-8-13(9-7-12)10-11-16-17-14-4-2-3-5-15(14)18-16/h2-11H,1H3/b11-10+. The van der Waals surface area contributed by atoms with Crippen LogP contribution in [0.25, 0.3) is 23.3 Å². The van der Waals surface area contributed by atoms with E-state index < -0.39 is 0 Å². The number of hydrogen-bond donors (Lipinski definition) is 0. The van der Waals surface area contributed by atoms with Crippen molar-refractivity contribution in [2.24, 2.45) is 0 Å². The van der Waals surface area contributed by atoms with Crippen molar-refractivity contribution in [2.75, 3.05) is 0 Å². The molecule has 0 unspecified atom stereocenters. The quantitative estimate of drug-likeness (QED) is 0.661. The smallest absolute Gasteiger partial charge is 0.220 e. The van der Waals surface area contributed by atoms with E-state index >= 15 is 0 Å². The average Bonchev–Trinajstić information content (AvgIpc) is 2.81. The number of oxazole rings is 1. The van der Waals surface area contributed by atoms with Gasteiger partial charge in [0, 0.05) is 6.08 Å². The van der Waals surface area contributed by atoms with Crippen molar-refractivity contribution in [3.05, 3.63) is 65.5 Å². The fourth-order valence-electron chi connectivity index (χ4n) is 1.81. The van der Waals surface area contributed by atoms with Crippen LogP contribution in [0.1, 0.15) is 17.0 Å². The molecule has 0 bridgehead atoms. The summed E-state index contributed by atoms with van der Waals surface area (Å²) in [6.45, 7) is 2.08. The van der Waals surface area contributed by atoms with Crippen molar-refractivity contribution in [1.29, 1.82) is 0 Å². The van der Waals surface area contributed by atoms with E-state index in [9.17, 15) is 0 Å². The van der Waals surface area contributed by atoms with E-state index in [1.54, 1.807) is 0 Å². The van der Waals surface area contributed by atoms with E-state index in [-0.39, 0.29) is 0 Å². The van der Waals surface area contributed by atoms with Gasteiger partial charge in [0.25, 0.3) is 0 Å². The number of nitrogens with zero attached hydrogens (tertiary/aromatic N) is 1. The van der Waals surface area contributed by atoms with Gasteiger partial charge in [0.15, 0.2) is 5.58 Å². The highest BCUT2D eigenvalue weighted by molar-refractivity contribution is 5.75. The van der Waals surface area contributed by atoms with Crippen molar-refractivity contribution in [3.63, 3.8) is 0 Å². The average molecular weight is 235 g/mol. The minimum Gasteiger partial charge on any atom is -0.437 e. The van der Waals surface area contributed by atoms with Gasteiger partial charge in [-0.15, -0.1) is 0 Å². The predicted octanol–water partition coefficient (Wildman–Crippen LogP) is 4.31. The number of aryl methyl sites for hydroxylation is 1. The Bertz CT molecular complexity index is 659. The molecular formula is C16H13NO. The lowest BCUT2D eigenvalue weighted by molar-refractivity contribution is 0.590. The summed E-state index contributed by atoms with van der Waals surface area (Å²) in [4.78, 5) is 4.39. The third-order valence-corrected chi connectivity index (χ3v) is 2.81. The van der Waals surface area contributed by atoms with Gasteiger partial charge in [0.05, 0.1) is 0 Å². The van der Waals surface area contributed by atoms with Gasteiger partial charge in [0.1, 0.15) is 5.52 Å². The molecule has 0 aliphatic heterocycles. The molecule has 0 saturated heterocycles. The van der Waals surface area contributed by atoms with Crippen molar-refractivity contribution >= 4 is 23.3 Å². The lowest BCUT2D eigenvalue weighted by Gasteiger charge is -1.93. The first-order valence-corrected chi connectivity index (χ1v) is 5.91. The molecule has 0 aliphatic carbocycles. The minimum absolute atomic E-state index is 0.636. The Kier molecular flexibility index (Phi) is 2.69. The van der Waals surface area contributed by atoms with Crippen LogP contribution in [-0.4, -0.2) is 4.98 Å². The Hall–Kier alpha value is -2.35. The highest BCUT2D eigenvalue weighted by Crippen LogP contribution is 2.16. The second kappa shape index (κ2) is 4.49. The Morgan fingerprint density at radius 2 is 1.72 bits per heavy atom. The number of benzene rings is 2. The first kappa shape index (κ1) is 10.8. The molecule has 0 aliphatic rings. The highest BCUT2D eigenvalue weighted by atomic mass is 16.3. The molecule has 1 aromatic heterocycles. The third-order valence-electron chi connectivity index (χ3n) is 2.81. The van der Waals surface area contributed by atoms with Crippen molar-refractivity contribution in [1.82, 2.24) is 4.98 Å². The molecule has 0 N–H and O–H groups in total. The molecule has 0 spiro atoms. The lowest BCUT2D eigenvalue weighted by atomic mass is 10.1. The number of para-hydroxylation sites is 2. The fraction of sp³-hybridized carbons (Fsp3) is 0.0625. The summed E-state index contributed by atoms with van der Waals surface area (Å²) in [5.41, 5.74) is 4.11. The third kappa shape index (κ3) is 2.18. The van der Waals surface area contributed by atoms with Gasteiger partial charge in [0.2, 0.25) is 5.89 Å². The van der Waals surface area contributed by atoms with Gasteiger partial charge >= 0.3 is 0 Å². The molecule has 0 amide bonds. The largest absolute Gasteiger partial charge is 0.437 e. The molecule has 0 saturated carbocycles. The van der Waals surface area contributed by atoms with E-state index in [1.807, 2.05) is 36.4 Å². The van der Waals surface area contributed by atoms with Gasteiger partial charge in [-0.25, -0.2) is 4.98 Å². The predicted molar refractivity (Wildman–Crippen MR) is 74.1 cm³/mol. The molecule has 2 aromatic carbocycles. The number of fused-ring (bicyclic) bond motifs is 1. The first-order valence-electron chi connectivity index (χ1n) is 5.91. The van der Waals surface area contributed by atoms with Gasteiger partial charge in [-0.2, -0.15) is 0 Å². The summed E-state index contributed by atoms with van der Waals surface area (Å²) < 4.78 is 5.62. The van der Waals surface area contributed by atoms with Crippen LogP contribution in [0.15, 0.2) is 52.9 Å². The summed E-state index contributed by atoms with van der Waals surface area (Å²) >= 11 is 0. The molecule has 3 aromatic rings. The SMILES string of the molecule is Cc1ccc(/C=C/c2nc3ccccc3o2)cc1. The van der Waals surface area contributed by atoms with Gasteiger partial charge in [-0.05, 0) is 30.7 Å².